The molecule has 0 atom stereocenters. The maximum absolute atomic E-state index is 12.6. The van der Waals surface area contributed by atoms with Crippen molar-refractivity contribution in [3.63, 3.8) is 0 Å². The molecule has 2 fully saturated rings. The summed E-state index contributed by atoms with van der Waals surface area (Å²) >= 11 is 0. The van der Waals surface area contributed by atoms with E-state index >= 15 is 0 Å². The monoisotopic (exact) mass is 371 g/mol. The first-order valence-electron chi connectivity index (χ1n) is 9.68. The minimum absolute atomic E-state index is 0.0276. The van der Waals surface area contributed by atoms with Crippen LogP contribution in [0.15, 0.2) is 17.2 Å². The van der Waals surface area contributed by atoms with Crippen molar-refractivity contribution in [2.75, 3.05) is 31.1 Å². The van der Waals surface area contributed by atoms with Crippen molar-refractivity contribution in [2.24, 2.45) is 0 Å². The van der Waals surface area contributed by atoms with Crippen LogP contribution in [0.2, 0.25) is 0 Å². The van der Waals surface area contributed by atoms with Crippen LogP contribution in [-0.2, 0) is 6.54 Å². The van der Waals surface area contributed by atoms with E-state index in [1.54, 1.807) is 17.0 Å². The highest BCUT2D eigenvalue weighted by atomic mass is 16.2. The predicted octanol–water partition coefficient (Wildman–Crippen LogP) is 1.00. The number of aromatic nitrogens is 5. The van der Waals surface area contributed by atoms with Crippen molar-refractivity contribution in [1.29, 1.82) is 0 Å². The molecule has 1 amide bonds. The fourth-order valence-corrected chi connectivity index (χ4v) is 4.01. The molecule has 0 radical (unpaired) electrons. The fraction of sp³-hybridized carbons (Fsp3) is 0.611. The summed E-state index contributed by atoms with van der Waals surface area (Å²) in [4.78, 5) is 37.2. The van der Waals surface area contributed by atoms with Gasteiger partial charge in [0, 0.05) is 38.6 Å². The van der Waals surface area contributed by atoms with Crippen molar-refractivity contribution in [3.05, 3.63) is 34.4 Å². The SMILES string of the molecule is CCn1c(C2CCN(c3cncc(C(=O)N4CCCC4)n3)CC2)n[nH]c1=O. The van der Waals surface area contributed by atoms with Crippen LogP contribution in [0.1, 0.15) is 54.8 Å². The minimum Gasteiger partial charge on any atom is -0.355 e. The summed E-state index contributed by atoms with van der Waals surface area (Å²) < 4.78 is 1.70. The molecule has 2 saturated heterocycles. The molecule has 2 aromatic heterocycles. The molecule has 0 saturated carbocycles. The van der Waals surface area contributed by atoms with E-state index in [-0.39, 0.29) is 17.5 Å². The molecule has 2 aliphatic rings. The molecule has 0 unspecified atom stereocenters. The summed E-state index contributed by atoms with van der Waals surface area (Å²) in [5.74, 6) is 1.81. The van der Waals surface area contributed by atoms with Gasteiger partial charge in [-0.15, -0.1) is 0 Å². The number of carbonyl (C=O) groups is 1. The summed E-state index contributed by atoms with van der Waals surface area (Å²) in [7, 11) is 0. The van der Waals surface area contributed by atoms with E-state index in [0.717, 1.165) is 63.5 Å². The van der Waals surface area contributed by atoms with Gasteiger partial charge in [-0.2, -0.15) is 5.10 Å². The highest BCUT2D eigenvalue weighted by Crippen LogP contribution is 2.28. The Balaban J connectivity index is 1.44. The smallest absolute Gasteiger partial charge is 0.343 e. The molecule has 0 spiro atoms. The number of amides is 1. The van der Waals surface area contributed by atoms with E-state index in [2.05, 4.69) is 25.1 Å². The topological polar surface area (TPSA) is 100 Å². The molecule has 9 heteroatoms. The van der Waals surface area contributed by atoms with Gasteiger partial charge < -0.3 is 9.80 Å². The lowest BCUT2D eigenvalue weighted by molar-refractivity contribution is 0.0786. The first kappa shape index (κ1) is 17.7. The molecule has 144 valence electrons. The fourth-order valence-electron chi connectivity index (χ4n) is 4.01. The van der Waals surface area contributed by atoms with Gasteiger partial charge >= 0.3 is 5.69 Å². The number of hydrogen-bond acceptors (Lipinski definition) is 6. The molecule has 4 rings (SSSR count). The van der Waals surface area contributed by atoms with Crippen LogP contribution in [0.3, 0.4) is 0 Å². The number of aromatic amines is 1. The zero-order valence-corrected chi connectivity index (χ0v) is 15.6. The predicted molar refractivity (Wildman–Crippen MR) is 99.9 cm³/mol. The Labute approximate surface area is 157 Å². The molecule has 1 N–H and O–H groups in total. The lowest BCUT2D eigenvalue weighted by atomic mass is 9.96. The normalized spacial score (nSPS) is 18.3. The van der Waals surface area contributed by atoms with Crippen molar-refractivity contribution < 1.29 is 4.79 Å². The minimum atomic E-state index is -0.145. The van der Waals surface area contributed by atoms with Crippen molar-refractivity contribution in [3.8, 4) is 0 Å². The maximum Gasteiger partial charge on any atom is 0.343 e. The molecule has 2 aliphatic heterocycles. The Morgan fingerprint density at radius 3 is 2.63 bits per heavy atom. The molecule has 0 bridgehead atoms. The number of nitrogens with zero attached hydrogens (tertiary/aromatic N) is 6. The summed E-state index contributed by atoms with van der Waals surface area (Å²) in [6.07, 6.45) is 7.16. The second kappa shape index (κ2) is 7.50. The van der Waals surface area contributed by atoms with Crippen LogP contribution < -0.4 is 10.6 Å². The van der Waals surface area contributed by atoms with E-state index < -0.39 is 0 Å². The van der Waals surface area contributed by atoms with E-state index in [1.807, 2.05) is 11.8 Å². The number of likely N-dealkylation sites (tertiary alicyclic amines) is 1. The second-order valence-electron chi connectivity index (χ2n) is 7.15. The number of anilines is 1. The van der Waals surface area contributed by atoms with Gasteiger partial charge in [-0.05, 0) is 32.6 Å². The maximum atomic E-state index is 12.6. The molecule has 9 nitrogen and oxygen atoms in total. The van der Waals surface area contributed by atoms with Gasteiger partial charge in [-0.25, -0.2) is 14.9 Å². The van der Waals surface area contributed by atoms with Crippen LogP contribution in [0.4, 0.5) is 5.82 Å². The van der Waals surface area contributed by atoms with Crippen molar-refractivity contribution in [1.82, 2.24) is 29.6 Å². The summed E-state index contributed by atoms with van der Waals surface area (Å²) in [6.45, 7) is 5.78. The van der Waals surface area contributed by atoms with Crippen molar-refractivity contribution in [2.45, 2.75) is 45.1 Å². The molecule has 0 aromatic carbocycles. The standard InChI is InChI=1S/C18H25N7O2/c1-2-25-16(21-22-18(25)27)13-5-9-23(10-6-13)15-12-19-11-14(20-15)17(26)24-7-3-4-8-24/h11-13H,2-10H2,1H3,(H,22,27). The second-order valence-corrected chi connectivity index (χ2v) is 7.15. The van der Waals surface area contributed by atoms with Crippen LogP contribution in [0, 0.1) is 0 Å². The Morgan fingerprint density at radius 2 is 1.93 bits per heavy atom. The quantitative estimate of drug-likeness (QED) is 0.861. The van der Waals surface area contributed by atoms with Gasteiger partial charge in [0.15, 0.2) is 0 Å². The van der Waals surface area contributed by atoms with Gasteiger partial charge in [-0.1, -0.05) is 0 Å². The average Bonchev–Trinajstić information content (AvgIpc) is 3.37. The summed E-state index contributed by atoms with van der Waals surface area (Å²) in [6, 6.07) is 0. The summed E-state index contributed by atoms with van der Waals surface area (Å²) in [5.41, 5.74) is 0.276. The Hall–Kier alpha value is -2.71. The van der Waals surface area contributed by atoms with E-state index in [9.17, 15) is 9.59 Å². The van der Waals surface area contributed by atoms with Gasteiger partial charge in [-0.3, -0.25) is 14.3 Å². The third kappa shape index (κ3) is 3.45. The highest BCUT2D eigenvalue weighted by molar-refractivity contribution is 5.92. The number of rotatable bonds is 4. The molecule has 0 aliphatic carbocycles. The first-order valence-corrected chi connectivity index (χ1v) is 9.68. The molecule has 27 heavy (non-hydrogen) atoms. The molecular formula is C18H25N7O2. The van der Waals surface area contributed by atoms with E-state index in [1.165, 1.54) is 0 Å². The largest absolute Gasteiger partial charge is 0.355 e. The average molecular weight is 371 g/mol. The lowest BCUT2D eigenvalue weighted by Crippen LogP contribution is -2.35. The first-order chi connectivity index (χ1) is 13.2. The number of hydrogen-bond donors (Lipinski definition) is 1. The molecule has 2 aromatic rings. The van der Waals surface area contributed by atoms with Crippen LogP contribution in [-0.4, -0.2) is 61.7 Å². The third-order valence-corrected chi connectivity index (χ3v) is 5.52. The zero-order chi connectivity index (χ0) is 18.8. The van der Waals surface area contributed by atoms with Gasteiger partial charge in [0.05, 0.1) is 12.4 Å². The Kier molecular flexibility index (Phi) is 4.91. The van der Waals surface area contributed by atoms with Gasteiger partial charge in [0.2, 0.25) is 0 Å². The summed E-state index contributed by atoms with van der Waals surface area (Å²) in [5, 5.41) is 6.77. The van der Waals surface area contributed by atoms with Gasteiger partial charge in [0.25, 0.3) is 5.91 Å². The number of carbonyl (C=O) groups excluding carboxylic acids is 1. The third-order valence-electron chi connectivity index (χ3n) is 5.52. The van der Waals surface area contributed by atoms with Crippen molar-refractivity contribution >= 4 is 11.7 Å². The zero-order valence-electron chi connectivity index (χ0n) is 15.6. The number of nitrogens with one attached hydrogen (secondary N) is 1. The van der Waals surface area contributed by atoms with Crippen LogP contribution in [0.5, 0.6) is 0 Å². The highest BCUT2D eigenvalue weighted by Gasteiger charge is 2.27. The van der Waals surface area contributed by atoms with E-state index in [4.69, 9.17) is 0 Å². The lowest BCUT2D eigenvalue weighted by Gasteiger charge is -2.32. The number of piperidine rings is 1. The Morgan fingerprint density at radius 1 is 1.19 bits per heavy atom. The van der Waals surface area contributed by atoms with Crippen LogP contribution in [0.25, 0.3) is 0 Å². The van der Waals surface area contributed by atoms with Crippen LogP contribution >= 0.6 is 0 Å². The van der Waals surface area contributed by atoms with Gasteiger partial charge in [0.1, 0.15) is 17.3 Å². The van der Waals surface area contributed by atoms with E-state index in [0.29, 0.717) is 12.2 Å². The molecular weight excluding hydrogens is 346 g/mol. The molecule has 4 heterocycles. The Bertz CT molecular complexity index is 861. The number of H-pyrrole nitrogens is 1.